The van der Waals surface area contributed by atoms with Crippen molar-refractivity contribution in [3.8, 4) is 5.75 Å². The third kappa shape index (κ3) is 23.5. The third-order valence-electron chi connectivity index (χ3n) is 18.4. The summed E-state index contributed by atoms with van der Waals surface area (Å²) in [6.07, 6.45) is 26.0. The monoisotopic (exact) mass is 1650 g/mol. The minimum absolute atomic E-state index is 0.00650. The van der Waals surface area contributed by atoms with Crippen molar-refractivity contribution < 1.29 is 40.8 Å². The average Bonchev–Trinajstić information content (AvgIpc) is 1.59. The highest BCUT2D eigenvalue weighted by molar-refractivity contribution is 7.93. The predicted molar refractivity (Wildman–Crippen MR) is 438 cm³/mol. The second-order valence-electron chi connectivity index (χ2n) is 26.5. The summed E-state index contributed by atoms with van der Waals surface area (Å²) in [6, 6.07) is 31.7. The number of hydrazine groups is 2. The number of hydrogen-bond donors (Lipinski definition) is 6. The molecule has 2 saturated heterocycles. The van der Waals surface area contributed by atoms with Crippen LogP contribution in [0.25, 0.3) is 0 Å². The minimum Gasteiger partial charge on any atom is -0.497 e. The number of carbonyl (C=O) groups excluding carboxylic acids is 4. The number of carbonyl (C=O) groups is 4. The van der Waals surface area contributed by atoms with Crippen molar-refractivity contribution in [1.29, 1.82) is 0 Å². The fraction of sp³-hybridized carbons (Fsp3) is 0.385. The van der Waals surface area contributed by atoms with Crippen molar-refractivity contribution in [3.05, 3.63) is 179 Å². The van der Waals surface area contributed by atoms with Crippen LogP contribution in [0.5, 0.6) is 5.75 Å². The summed E-state index contributed by atoms with van der Waals surface area (Å²) < 4.78 is 67.4. The number of anilines is 6. The van der Waals surface area contributed by atoms with Gasteiger partial charge in [-0.15, -0.1) is 0 Å². The summed E-state index contributed by atoms with van der Waals surface area (Å²) in [7, 11) is -7.21. The van der Waals surface area contributed by atoms with Crippen LogP contribution in [-0.4, -0.2) is 59.2 Å². The van der Waals surface area contributed by atoms with E-state index in [9.17, 15) is 26.4 Å². The molecule has 2 atom stereocenters. The van der Waals surface area contributed by atoms with E-state index in [0.29, 0.717) is 35.5 Å². The molecule has 2 unspecified atom stereocenters. The SMILES string of the molecule is CCCCCCCCCCCCCC(=O)Nc1ccc(S(=O)(=O)Nc2ccc(Cl)c(N=C3NN(c4c(Cl)cc(Cl)cc4Cl)C(=O)C3C(c3ccc(OC)cc3)C3C(=O)N(c4c(Cl)cc(Cl)cc4Cl)NC3=Nc3cc(NS(=O)(=O)c4ccc(NC(=O)CCCCCCCCCCCCC)cc4)ccc3Cl)c2)cc1. The largest absolute Gasteiger partial charge is 0.497 e. The van der Waals surface area contributed by atoms with E-state index < -0.39 is 49.6 Å². The number of unbranched alkanes of at least 4 members (excludes halogenated alkanes) is 20. The number of halogens is 8. The fourth-order valence-electron chi connectivity index (χ4n) is 12.9. The zero-order valence-electron chi connectivity index (χ0n) is 59.7. The first-order valence-corrected chi connectivity index (χ1v) is 42.1. The molecule has 572 valence electrons. The van der Waals surface area contributed by atoms with Crippen molar-refractivity contribution in [1.82, 2.24) is 10.9 Å². The lowest BCUT2D eigenvalue weighted by atomic mass is 9.75. The van der Waals surface area contributed by atoms with Gasteiger partial charge >= 0.3 is 0 Å². The van der Waals surface area contributed by atoms with E-state index in [2.05, 4.69) is 44.8 Å². The van der Waals surface area contributed by atoms with Crippen LogP contribution in [0, 0.1) is 11.8 Å². The lowest BCUT2D eigenvalue weighted by Crippen LogP contribution is -2.38. The molecule has 6 N–H and O–H groups in total. The number of benzene rings is 7. The summed E-state index contributed by atoms with van der Waals surface area (Å²) in [5.41, 5.74) is 7.00. The molecule has 7 aromatic carbocycles. The van der Waals surface area contributed by atoms with Gasteiger partial charge in [-0.25, -0.2) is 36.8 Å². The van der Waals surface area contributed by atoms with Crippen LogP contribution in [0.1, 0.15) is 179 Å². The van der Waals surface area contributed by atoms with Gasteiger partial charge in [0.25, 0.3) is 31.9 Å². The van der Waals surface area contributed by atoms with Crippen LogP contribution in [0.2, 0.25) is 40.2 Å². The molecular formula is C78H88Cl8N10O9S2. The molecule has 2 aliphatic heterocycles. The summed E-state index contributed by atoms with van der Waals surface area (Å²) >= 11 is 54.5. The maximum atomic E-state index is 16.0. The molecule has 0 radical (unpaired) electrons. The lowest BCUT2D eigenvalue weighted by molar-refractivity contribution is -0.122. The van der Waals surface area contributed by atoms with Crippen LogP contribution in [0.15, 0.2) is 153 Å². The number of aliphatic imine (C=N–C) groups is 2. The molecule has 2 fully saturated rings. The summed E-state index contributed by atoms with van der Waals surface area (Å²) in [5.74, 6) is -6.56. The van der Waals surface area contributed by atoms with Gasteiger partial charge < -0.3 is 15.4 Å². The molecule has 0 bridgehead atoms. The zero-order valence-corrected chi connectivity index (χ0v) is 67.4. The molecule has 2 heterocycles. The first-order chi connectivity index (χ1) is 51.4. The Morgan fingerprint density at radius 1 is 0.430 bits per heavy atom. The minimum atomic E-state index is -4.33. The van der Waals surface area contributed by atoms with Gasteiger partial charge in [0.05, 0.1) is 69.8 Å². The van der Waals surface area contributed by atoms with Crippen molar-refractivity contribution in [2.75, 3.05) is 37.2 Å². The topological polar surface area (TPSA) is 249 Å². The van der Waals surface area contributed by atoms with Crippen LogP contribution < -0.4 is 45.7 Å². The molecule has 7 aromatic rings. The summed E-state index contributed by atoms with van der Waals surface area (Å²) in [4.78, 5) is 67.6. The van der Waals surface area contributed by atoms with E-state index >= 15 is 9.59 Å². The number of nitrogens with one attached hydrogen (secondary N) is 6. The van der Waals surface area contributed by atoms with Crippen LogP contribution in [0.4, 0.5) is 45.5 Å². The van der Waals surface area contributed by atoms with E-state index in [0.717, 1.165) is 61.4 Å². The Morgan fingerprint density at radius 2 is 0.748 bits per heavy atom. The highest BCUT2D eigenvalue weighted by Crippen LogP contribution is 2.48. The molecular weight excluding hydrogens is 1570 g/mol. The Labute approximate surface area is 667 Å². The lowest BCUT2D eigenvalue weighted by Gasteiger charge is -2.27. The zero-order chi connectivity index (χ0) is 76.8. The normalized spacial score (nSPS) is 15.6. The van der Waals surface area contributed by atoms with Gasteiger partial charge in [0.1, 0.15) is 40.6 Å². The molecule has 2 aliphatic rings. The molecule has 0 aliphatic carbocycles. The molecule has 0 spiro atoms. The van der Waals surface area contributed by atoms with Gasteiger partial charge in [0.15, 0.2) is 0 Å². The Bertz CT molecular complexity index is 4250. The summed E-state index contributed by atoms with van der Waals surface area (Å²) in [6.45, 7) is 4.43. The summed E-state index contributed by atoms with van der Waals surface area (Å²) in [5, 5.41) is 7.72. The molecule has 29 heteroatoms. The predicted octanol–water partition coefficient (Wildman–Crippen LogP) is 22.7. The average molecular weight is 1660 g/mol. The maximum Gasteiger partial charge on any atom is 0.261 e. The molecule has 9 rings (SSSR count). The number of amides is 4. The van der Waals surface area contributed by atoms with Crippen LogP contribution >= 0.6 is 92.8 Å². The third-order valence-corrected chi connectivity index (χ3v) is 23.5. The van der Waals surface area contributed by atoms with Crippen molar-refractivity contribution in [2.45, 2.75) is 184 Å². The number of sulfonamides is 2. The molecule has 4 amide bonds. The molecule has 19 nitrogen and oxygen atoms in total. The fourth-order valence-corrected chi connectivity index (χ4v) is 17.2. The second kappa shape index (κ2) is 40.6. The van der Waals surface area contributed by atoms with Crippen LogP contribution in [0.3, 0.4) is 0 Å². The van der Waals surface area contributed by atoms with Gasteiger partial charge in [-0.05, 0) is 140 Å². The van der Waals surface area contributed by atoms with Gasteiger partial charge in [-0.3, -0.25) is 39.5 Å². The van der Waals surface area contributed by atoms with Gasteiger partial charge in [0, 0.05) is 40.2 Å². The quantitative estimate of drug-likeness (QED) is 0.0197. The number of rotatable bonds is 40. The van der Waals surface area contributed by atoms with E-state index in [1.165, 1.54) is 206 Å². The smallest absolute Gasteiger partial charge is 0.261 e. The Hall–Kier alpha value is -7.02. The van der Waals surface area contributed by atoms with Gasteiger partial charge in [-0.1, -0.05) is 247 Å². The second-order valence-corrected chi connectivity index (χ2v) is 33.2. The molecule has 107 heavy (non-hydrogen) atoms. The Morgan fingerprint density at radius 3 is 1.07 bits per heavy atom. The van der Waals surface area contributed by atoms with E-state index in [-0.39, 0.29) is 108 Å². The van der Waals surface area contributed by atoms with E-state index in [4.69, 9.17) is 108 Å². The number of nitrogens with zero attached hydrogens (tertiary/aromatic N) is 4. The first kappa shape index (κ1) is 84.0. The molecule has 0 aromatic heterocycles. The van der Waals surface area contributed by atoms with Crippen LogP contribution in [-0.2, 0) is 39.2 Å². The first-order valence-electron chi connectivity index (χ1n) is 36.1. The maximum absolute atomic E-state index is 16.0. The van der Waals surface area contributed by atoms with Crippen molar-refractivity contribution in [2.24, 2.45) is 21.8 Å². The number of amidine groups is 2. The van der Waals surface area contributed by atoms with Gasteiger partial charge in [-0.2, -0.15) is 0 Å². The number of methoxy groups -OCH3 is 1. The highest BCUT2D eigenvalue weighted by Gasteiger charge is 2.54. The van der Waals surface area contributed by atoms with Crippen molar-refractivity contribution in [3.63, 3.8) is 0 Å². The number of hydrogen-bond acceptors (Lipinski definition) is 11. The van der Waals surface area contributed by atoms with Gasteiger partial charge in [0.2, 0.25) is 11.8 Å². The Kier molecular flexibility index (Phi) is 31.9. The number of ether oxygens (including phenoxy) is 1. The van der Waals surface area contributed by atoms with Crippen molar-refractivity contribution >= 4 is 194 Å². The van der Waals surface area contributed by atoms with E-state index in [1.807, 2.05) is 0 Å². The Balaban J connectivity index is 1.01. The standard InChI is InChI=1S/C78H88Cl8N10O9S2/c1-4-6-8-10-12-14-16-18-20-22-24-26-68(97)87-53-30-38-58(39-31-53)106(101,102)93-55-34-42-60(81)66(48-55)89-75-71(77(99)95(91-75)73-62(83)44-51(79)45-63(73)84)70(50-28-36-57(105-3)37-29-50)72-76(92-96(78(72)100)74-64(85)46-52(80)47-65(74)86)90-67-49-56(35-43-61(67)82)94-107(103,104)59-40-32-54(33-41-59)88-69(98)27-25-23-21-19-17-15-13-11-9-7-5-2/h28-49,70-72,93-94H,4-27H2,1-3H3,(H,87,97)(H,88,98)(H,89,91)(H,90,92). The van der Waals surface area contributed by atoms with E-state index in [1.54, 1.807) is 24.3 Å². The highest BCUT2D eigenvalue weighted by atomic mass is 35.5. The molecule has 0 saturated carbocycles.